The molecular weight excluding hydrogens is 399 g/mol. The summed E-state index contributed by atoms with van der Waals surface area (Å²) in [6, 6.07) is 0. The second-order valence-electron chi connectivity index (χ2n) is 7.69. The number of allylic oxidation sites excluding steroid dienone is 3. The zero-order chi connectivity index (χ0) is 20.5. The van der Waals surface area contributed by atoms with Gasteiger partial charge in [-0.05, 0) is 63.5 Å². The Morgan fingerprint density at radius 3 is 2.38 bits per heavy atom. The summed E-state index contributed by atoms with van der Waals surface area (Å²) in [4.78, 5) is 42.5. The number of nitrogens with zero attached hydrogens (tertiary/aromatic N) is 2. The van der Waals surface area contributed by atoms with Gasteiger partial charge in [0, 0.05) is 11.1 Å². The highest BCUT2D eigenvalue weighted by atomic mass is 35.5. The fourth-order valence-corrected chi connectivity index (χ4v) is 4.48. The molecule has 3 aliphatic carbocycles. The standard InChI is InChI=1S/C21H22ClFN2O4/c22-15-9-16(23)18(25-20(27)13-7-3-4-8-14(13)21(25)28)10-17(15)24-11-19(26)29-12-5-1-2-6-12/h9-10,12,15H,1-8,11H2. The highest BCUT2D eigenvalue weighted by Crippen LogP contribution is 2.37. The third-order valence-electron chi connectivity index (χ3n) is 5.73. The zero-order valence-electron chi connectivity index (χ0n) is 16.0. The van der Waals surface area contributed by atoms with Crippen LogP contribution in [0.2, 0.25) is 0 Å². The molecule has 0 aromatic heterocycles. The lowest BCUT2D eigenvalue weighted by Crippen LogP contribution is -2.34. The number of carbonyl (C=O) groups excluding carboxylic acids is 3. The van der Waals surface area contributed by atoms with Gasteiger partial charge in [-0.15, -0.1) is 11.6 Å². The number of amides is 2. The number of hydrogen-bond donors (Lipinski definition) is 0. The van der Waals surface area contributed by atoms with Crippen molar-refractivity contribution < 1.29 is 23.5 Å². The van der Waals surface area contributed by atoms with Crippen LogP contribution in [0.25, 0.3) is 0 Å². The smallest absolute Gasteiger partial charge is 0.327 e. The van der Waals surface area contributed by atoms with E-state index >= 15 is 0 Å². The predicted octanol–water partition coefficient (Wildman–Crippen LogP) is 3.51. The van der Waals surface area contributed by atoms with Crippen LogP contribution in [0.1, 0.15) is 51.4 Å². The summed E-state index contributed by atoms with van der Waals surface area (Å²) in [5.74, 6) is -2.18. The van der Waals surface area contributed by atoms with Gasteiger partial charge < -0.3 is 4.74 Å². The van der Waals surface area contributed by atoms with E-state index in [0.29, 0.717) is 24.0 Å². The molecule has 0 aromatic rings. The van der Waals surface area contributed by atoms with Crippen molar-refractivity contribution in [3.05, 3.63) is 34.8 Å². The summed E-state index contributed by atoms with van der Waals surface area (Å²) in [5, 5.41) is -0.895. The van der Waals surface area contributed by atoms with Crippen molar-refractivity contribution in [3.63, 3.8) is 0 Å². The van der Waals surface area contributed by atoms with Crippen LogP contribution in [-0.2, 0) is 19.1 Å². The highest BCUT2D eigenvalue weighted by molar-refractivity contribution is 6.36. The van der Waals surface area contributed by atoms with Crippen molar-refractivity contribution in [3.8, 4) is 0 Å². The number of carbonyl (C=O) groups is 3. The van der Waals surface area contributed by atoms with Crippen LogP contribution >= 0.6 is 11.6 Å². The van der Waals surface area contributed by atoms with Gasteiger partial charge in [-0.2, -0.15) is 0 Å². The van der Waals surface area contributed by atoms with Crippen LogP contribution < -0.4 is 0 Å². The molecule has 0 aromatic carbocycles. The minimum atomic E-state index is -0.895. The Kier molecular flexibility index (Phi) is 5.67. The average Bonchev–Trinajstić information content (AvgIpc) is 3.29. The Hall–Kier alpha value is -2.28. The molecule has 0 spiro atoms. The number of alkyl halides is 1. The average molecular weight is 421 g/mol. The molecule has 0 bridgehead atoms. The summed E-state index contributed by atoms with van der Waals surface area (Å²) in [5.41, 5.74) is 0.995. The number of imide groups is 1. The van der Waals surface area contributed by atoms with Crippen LogP contribution in [0.15, 0.2) is 39.8 Å². The maximum Gasteiger partial charge on any atom is 0.327 e. The number of halogens is 2. The van der Waals surface area contributed by atoms with Crippen LogP contribution in [0.3, 0.4) is 0 Å². The molecule has 6 nitrogen and oxygen atoms in total. The van der Waals surface area contributed by atoms with Crippen molar-refractivity contribution in [1.82, 2.24) is 4.90 Å². The number of aliphatic imine (C=N–C) groups is 1. The molecule has 1 saturated carbocycles. The maximum atomic E-state index is 14.6. The molecule has 0 saturated heterocycles. The maximum absolute atomic E-state index is 14.6. The minimum Gasteiger partial charge on any atom is -0.461 e. The Morgan fingerprint density at radius 2 is 1.76 bits per heavy atom. The second kappa shape index (κ2) is 8.22. The number of esters is 1. The molecule has 1 aliphatic heterocycles. The predicted molar refractivity (Wildman–Crippen MR) is 105 cm³/mol. The Bertz CT molecular complexity index is 855. The van der Waals surface area contributed by atoms with Gasteiger partial charge in [-0.3, -0.25) is 19.4 Å². The van der Waals surface area contributed by atoms with E-state index in [1.54, 1.807) is 0 Å². The summed E-state index contributed by atoms with van der Waals surface area (Å²) < 4.78 is 20.0. The van der Waals surface area contributed by atoms with E-state index in [2.05, 4.69) is 4.99 Å². The van der Waals surface area contributed by atoms with Crippen LogP contribution in [0.5, 0.6) is 0 Å². The van der Waals surface area contributed by atoms with Crippen molar-refractivity contribution in [2.24, 2.45) is 4.99 Å². The molecule has 1 fully saturated rings. The van der Waals surface area contributed by atoms with E-state index in [1.165, 1.54) is 6.08 Å². The number of hydrogen-bond acceptors (Lipinski definition) is 5. The topological polar surface area (TPSA) is 76.0 Å². The molecule has 4 aliphatic rings. The van der Waals surface area contributed by atoms with Crippen molar-refractivity contribution >= 4 is 35.1 Å². The first-order chi connectivity index (χ1) is 14.0. The molecule has 2 amide bonds. The van der Waals surface area contributed by atoms with Crippen molar-refractivity contribution in [1.29, 1.82) is 0 Å². The summed E-state index contributed by atoms with van der Waals surface area (Å²) in [7, 11) is 0. The van der Waals surface area contributed by atoms with E-state index in [-0.39, 0.29) is 24.1 Å². The second-order valence-corrected chi connectivity index (χ2v) is 8.16. The Labute approximate surface area is 173 Å². The molecule has 0 radical (unpaired) electrons. The lowest BCUT2D eigenvalue weighted by Gasteiger charge is -2.22. The highest BCUT2D eigenvalue weighted by Gasteiger charge is 2.42. The lowest BCUT2D eigenvalue weighted by atomic mass is 9.93. The largest absolute Gasteiger partial charge is 0.461 e. The third-order valence-corrected chi connectivity index (χ3v) is 6.08. The SMILES string of the molecule is O=C(CN=C1C=C(N2C(=O)C3=C(CCCC3)C2=O)C(F)=CC1Cl)OC1CCCC1. The van der Waals surface area contributed by atoms with E-state index in [4.69, 9.17) is 16.3 Å². The van der Waals surface area contributed by atoms with Gasteiger partial charge in [-0.1, -0.05) is 0 Å². The Morgan fingerprint density at radius 1 is 1.14 bits per heavy atom. The van der Waals surface area contributed by atoms with Gasteiger partial charge in [0.15, 0.2) is 0 Å². The summed E-state index contributed by atoms with van der Waals surface area (Å²) in [6.07, 6.45) is 8.84. The normalized spacial score (nSPS) is 26.8. The third kappa shape index (κ3) is 3.92. The van der Waals surface area contributed by atoms with Crippen molar-refractivity contribution in [2.45, 2.75) is 62.8 Å². The first-order valence-electron chi connectivity index (χ1n) is 10.0. The fourth-order valence-electron chi connectivity index (χ4n) is 4.24. The number of rotatable bonds is 4. The lowest BCUT2D eigenvalue weighted by molar-refractivity contribution is -0.146. The Balaban J connectivity index is 1.52. The monoisotopic (exact) mass is 420 g/mol. The van der Waals surface area contributed by atoms with Gasteiger partial charge in [0.05, 0.1) is 16.8 Å². The van der Waals surface area contributed by atoms with Crippen LogP contribution in [0.4, 0.5) is 4.39 Å². The molecule has 8 heteroatoms. The number of ether oxygens (including phenoxy) is 1. The first kappa shape index (κ1) is 20.0. The van der Waals surface area contributed by atoms with Crippen LogP contribution in [0, 0.1) is 0 Å². The zero-order valence-corrected chi connectivity index (χ0v) is 16.7. The van der Waals surface area contributed by atoms with Gasteiger partial charge in [-0.25, -0.2) is 9.29 Å². The molecule has 154 valence electrons. The van der Waals surface area contributed by atoms with Gasteiger partial charge >= 0.3 is 5.97 Å². The minimum absolute atomic E-state index is 0.0680. The van der Waals surface area contributed by atoms with E-state index < -0.39 is 29.0 Å². The fraction of sp³-hybridized carbons (Fsp3) is 0.524. The molecule has 1 unspecified atom stereocenters. The molecule has 1 heterocycles. The van der Waals surface area contributed by atoms with Gasteiger partial charge in [0.25, 0.3) is 11.8 Å². The molecule has 29 heavy (non-hydrogen) atoms. The summed E-state index contributed by atoms with van der Waals surface area (Å²) >= 11 is 6.16. The quantitative estimate of drug-likeness (QED) is 0.396. The van der Waals surface area contributed by atoms with E-state index in [0.717, 1.165) is 49.5 Å². The van der Waals surface area contributed by atoms with Gasteiger partial charge in [0.1, 0.15) is 18.5 Å². The van der Waals surface area contributed by atoms with Gasteiger partial charge in [0.2, 0.25) is 0 Å². The first-order valence-corrected chi connectivity index (χ1v) is 10.5. The summed E-state index contributed by atoms with van der Waals surface area (Å²) in [6.45, 7) is -0.245. The van der Waals surface area contributed by atoms with E-state index in [1.807, 2.05) is 0 Å². The van der Waals surface area contributed by atoms with E-state index in [9.17, 15) is 18.8 Å². The molecule has 4 rings (SSSR count). The molecule has 0 N–H and O–H groups in total. The van der Waals surface area contributed by atoms with Crippen LogP contribution in [-0.4, -0.2) is 46.4 Å². The molecule has 1 atom stereocenters. The van der Waals surface area contributed by atoms with Crippen molar-refractivity contribution in [2.75, 3.05) is 6.54 Å². The molecular formula is C21H22ClFN2O4.